The van der Waals surface area contributed by atoms with Crippen molar-refractivity contribution in [1.29, 1.82) is 0 Å². The Morgan fingerprint density at radius 2 is 1.78 bits per heavy atom. The summed E-state index contributed by atoms with van der Waals surface area (Å²) in [6.07, 6.45) is 2.42. The van der Waals surface area contributed by atoms with E-state index in [1.54, 1.807) is 12.1 Å². The Morgan fingerprint density at radius 3 is 2.43 bits per heavy atom. The van der Waals surface area contributed by atoms with E-state index in [2.05, 4.69) is 9.50 Å². The number of hydrazone groups is 1. The largest absolute Gasteiger partial charge is 0.490 e. The van der Waals surface area contributed by atoms with Crippen molar-refractivity contribution in [2.75, 3.05) is 13.2 Å². The van der Waals surface area contributed by atoms with Gasteiger partial charge in [-0.2, -0.15) is 13.5 Å². The number of nitrogens with two attached hydrogens (primary N) is 1. The van der Waals surface area contributed by atoms with Gasteiger partial charge in [-0.05, 0) is 65.7 Å². The number of carbonyl (C=O) groups is 1. The first-order chi connectivity index (χ1) is 17.7. The molecular weight excluding hydrogens is 516 g/mol. The van der Waals surface area contributed by atoms with Crippen LogP contribution in [0.4, 0.5) is 0 Å². The average Bonchev–Trinajstić information content (AvgIpc) is 3.33. The number of aliphatic carboxylic acids is 1. The van der Waals surface area contributed by atoms with Gasteiger partial charge in [-0.15, -0.1) is 4.40 Å². The molecule has 37 heavy (non-hydrogen) atoms. The van der Waals surface area contributed by atoms with Crippen molar-refractivity contribution < 1.29 is 23.1 Å². The lowest BCUT2D eigenvalue weighted by Gasteiger charge is -2.15. The number of carboxylic acid groups (broad SMARTS) is 1. The average molecular weight is 539 g/mol. The Labute approximate surface area is 219 Å². The fourth-order valence-electron chi connectivity index (χ4n) is 3.70. The Bertz CT molecular complexity index is 1460. The molecule has 1 atom stereocenters. The minimum atomic E-state index is -4.07. The van der Waals surface area contributed by atoms with E-state index in [1.165, 1.54) is 35.4 Å². The van der Waals surface area contributed by atoms with E-state index >= 15 is 0 Å². The van der Waals surface area contributed by atoms with Gasteiger partial charge in [0, 0.05) is 17.0 Å². The highest BCUT2D eigenvalue weighted by atomic mass is 35.5. The molecule has 4 rings (SSSR count). The molecule has 190 valence electrons. The molecule has 3 aromatic rings. The molecule has 11 heteroatoms. The molecular formula is C26H23ClN4O5S. The van der Waals surface area contributed by atoms with Crippen LogP contribution in [0, 0.1) is 0 Å². The summed E-state index contributed by atoms with van der Waals surface area (Å²) in [6.45, 7) is 0.408. The Hall–Kier alpha value is -4.15. The third kappa shape index (κ3) is 6.54. The first-order valence-corrected chi connectivity index (χ1v) is 12.9. The molecule has 1 aliphatic rings. The van der Waals surface area contributed by atoms with Gasteiger partial charge in [0.1, 0.15) is 12.4 Å². The molecule has 1 unspecified atom stereocenters. The zero-order valence-electron chi connectivity index (χ0n) is 19.4. The van der Waals surface area contributed by atoms with Gasteiger partial charge >= 0.3 is 5.97 Å². The van der Waals surface area contributed by atoms with Gasteiger partial charge in [0.05, 0.1) is 17.2 Å². The number of carboxylic acids is 1. The lowest BCUT2D eigenvalue weighted by Crippen LogP contribution is -2.33. The third-order valence-corrected chi connectivity index (χ3v) is 7.01. The first kappa shape index (κ1) is 25.9. The van der Waals surface area contributed by atoms with Crippen molar-refractivity contribution in [3.05, 3.63) is 107 Å². The molecule has 0 bridgehead atoms. The third-order valence-electron chi connectivity index (χ3n) is 5.46. The maximum atomic E-state index is 12.8. The highest BCUT2D eigenvalue weighted by molar-refractivity contribution is 7.90. The van der Waals surface area contributed by atoms with E-state index in [9.17, 15) is 13.2 Å². The summed E-state index contributed by atoms with van der Waals surface area (Å²) in [7, 11) is -4.07. The lowest BCUT2D eigenvalue weighted by molar-refractivity contribution is -0.131. The van der Waals surface area contributed by atoms with E-state index in [0.29, 0.717) is 23.0 Å². The van der Waals surface area contributed by atoms with E-state index in [-0.39, 0.29) is 23.4 Å². The van der Waals surface area contributed by atoms with Crippen LogP contribution in [0.25, 0.3) is 0 Å². The SMILES string of the molecule is N/C(=N\S(=O)(=O)c1ccc(Cl)cc1)N1CC(c2ccccc2)C(c2ccc(OC/C=C\C(=O)O)cc2)=N1. The highest BCUT2D eigenvalue weighted by Gasteiger charge is 2.31. The predicted octanol–water partition coefficient (Wildman–Crippen LogP) is 3.87. The van der Waals surface area contributed by atoms with Crippen LogP contribution in [0.5, 0.6) is 5.75 Å². The van der Waals surface area contributed by atoms with Crippen molar-refractivity contribution >= 4 is 39.3 Å². The van der Waals surface area contributed by atoms with E-state index in [4.69, 9.17) is 27.2 Å². The smallest absolute Gasteiger partial charge is 0.328 e. The van der Waals surface area contributed by atoms with Crippen molar-refractivity contribution in [2.24, 2.45) is 15.2 Å². The molecule has 0 radical (unpaired) electrons. The number of ether oxygens (including phenoxy) is 1. The number of nitrogens with zero attached hydrogens (tertiary/aromatic N) is 3. The van der Waals surface area contributed by atoms with Crippen molar-refractivity contribution in [3.8, 4) is 5.75 Å². The number of rotatable bonds is 8. The molecule has 0 saturated carbocycles. The topological polar surface area (TPSA) is 135 Å². The molecule has 0 amide bonds. The molecule has 3 aromatic carbocycles. The second-order valence-corrected chi connectivity index (χ2v) is 10.0. The standard InChI is InChI=1S/C26H23ClN4O5S/c27-20-10-14-22(15-11-20)37(34,35)30-26(28)31-17-23(18-5-2-1-3-6-18)25(29-31)19-8-12-21(13-9-19)36-16-4-7-24(32)33/h1-15,23H,16-17H2,(H2,28,30)(H,32,33)/b7-4-. The molecule has 9 nitrogen and oxygen atoms in total. The lowest BCUT2D eigenvalue weighted by atomic mass is 9.90. The van der Waals surface area contributed by atoms with Gasteiger partial charge in [-0.1, -0.05) is 41.9 Å². The van der Waals surface area contributed by atoms with Gasteiger partial charge < -0.3 is 15.6 Å². The van der Waals surface area contributed by atoms with Gasteiger partial charge in [-0.3, -0.25) is 0 Å². The molecule has 0 fully saturated rings. The molecule has 1 aliphatic heterocycles. The number of hydrogen-bond donors (Lipinski definition) is 2. The van der Waals surface area contributed by atoms with Gasteiger partial charge in [0.25, 0.3) is 10.0 Å². The Morgan fingerprint density at radius 1 is 1.11 bits per heavy atom. The maximum Gasteiger partial charge on any atom is 0.328 e. The summed E-state index contributed by atoms with van der Waals surface area (Å²) in [5.41, 5.74) is 8.58. The van der Waals surface area contributed by atoms with E-state index in [1.807, 2.05) is 42.5 Å². The predicted molar refractivity (Wildman–Crippen MR) is 141 cm³/mol. The number of hydrogen-bond acceptors (Lipinski definition) is 5. The molecule has 3 N–H and O–H groups in total. The van der Waals surface area contributed by atoms with Gasteiger partial charge in [0.15, 0.2) is 0 Å². The molecule has 0 saturated heterocycles. The second-order valence-electron chi connectivity index (χ2n) is 7.99. The normalized spacial score (nSPS) is 16.1. The number of halogens is 1. The minimum Gasteiger partial charge on any atom is -0.490 e. The monoisotopic (exact) mass is 538 g/mol. The van der Waals surface area contributed by atoms with Crippen LogP contribution in [0.3, 0.4) is 0 Å². The molecule has 1 heterocycles. The summed E-state index contributed by atoms with van der Waals surface area (Å²) in [6, 6.07) is 22.5. The summed E-state index contributed by atoms with van der Waals surface area (Å²) in [5, 5.41) is 15.1. The summed E-state index contributed by atoms with van der Waals surface area (Å²) in [4.78, 5) is 10.5. The fourth-order valence-corrected chi connectivity index (χ4v) is 4.75. The van der Waals surface area contributed by atoms with Gasteiger partial charge in [0.2, 0.25) is 5.96 Å². The van der Waals surface area contributed by atoms with Crippen LogP contribution in [0.2, 0.25) is 5.02 Å². The van der Waals surface area contributed by atoms with Gasteiger partial charge in [-0.25, -0.2) is 9.80 Å². The number of guanidine groups is 1. The molecule has 0 aliphatic carbocycles. The minimum absolute atomic E-state index is 0.0309. The highest BCUT2D eigenvalue weighted by Crippen LogP contribution is 2.30. The molecule has 0 spiro atoms. The summed E-state index contributed by atoms with van der Waals surface area (Å²) < 4.78 is 34.8. The Kier molecular flexibility index (Phi) is 7.90. The first-order valence-electron chi connectivity index (χ1n) is 11.1. The molecule has 0 aromatic heterocycles. The summed E-state index contributed by atoms with van der Waals surface area (Å²) >= 11 is 5.86. The van der Waals surface area contributed by atoms with Crippen LogP contribution in [0.15, 0.2) is 105 Å². The summed E-state index contributed by atoms with van der Waals surface area (Å²) in [5.74, 6) is -0.936. The van der Waals surface area contributed by atoms with E-state index < -0.39 is 16.0 Å². The van der Waals surface area contributed by atoms with Crippen molar-refractivity contribution in [2.45, 2.75) is 10.8 Å². The number of sulfonamides is 1. The van der Waals surface area contributed by atoms with Crippen LogP contribution < -0.4 is 10.5 Å². The van der Waals surface area contributed by atoms with Crippen molar-refractivity contribution in [1.82, 2.24) is 5.01 Å². The van der Waals surface area contributed by atoms with Crippen molar-refractivity contribution in [3.63, 3.8) is 0 Å². The van der Waals surface area contributed by atoms with Crippen LogP contribution in [-0.2, 0) is 14.8 Å². The zero-order valence-corrected chi connectivity index (χ0v) is 21.0. The van der Waals surface area contributed by atoms with Crippen LogP contribution in [0.1, 0.15) is 17.0 Å². The second kappa shape index (κ2) is 11.3. The van der Waals surface area contributed by atoms with E-state index in [0.717, 1.165) is 17.2 Å². The Balaban J connectivity index is 1.61. The van der Waals surface area contributed by atoms with Crippen LogP contribution >= 0.6 is 11.6 Å². The quantitative estimate of drug-likeness (QED) is 0.252. The maximum absolute atomic E-state index is 12.8. The fraction of sp³-hybridized carbons (Fsp3) is 0.115. The van der Waals surface area contributed by atoms with Crippen LogP contribution in [-0.4, -0.2) is 49.3 Å². The number of benzene rings is 3. The zero-order chi connectivity index (χ0) is 26.4.